The minimum Gasteiger partial charge on any atom is -0.350 e. The van der Waals surface area contributed by atoms with E-state index < -0.39 is 0 Å². The highest BCUT2D eigenvalue weighted by Gasteiger charge is 2.13. The molecule has 0 amide bonds. The Hall–Kier alpha value is -1.50. The molecular formula is C14H17N. The highest BCUT2D eigenvalue weighted by molar-refractivity contribution is 5.18. The van der Waals surface area contributed by atoms with Crippen LogP contribution in [-0.4, -0.2) is 4.90 Å². The third-order valence-electron chi connectivity index (χ3n) is 2.60. The lowest BCUT2D eigenvalue weighted by molar-refractivity contribution is 0.457. The number of allylic oxidation sites excluding steroid dienone is 2. The molecule has 1 aliphatic heterocycles. The van der Waals surface area contributed by atoms with E-state index in [1.165, 1.54) is 5.56 Å². The SMILES string of the molecule is CC1(C)C=CN(Cc2ccccc2)C=C1. The molecule has 0 radical (unpaired) electrons. The lowest BCUT2D eigenvalue weighted by atomic mass is 9.92. The Kier molecular flexibility index (Phi) is 2.63. The fraction of sp³-hybridized carbons (Fsp3) is 0.286. The molecule has 1 aliphatic rings. The zero-order chi connectivity index (χ0) is 10.7. The van der Waals surface area contributed by atoms with Gasteiger partial charge in [0, 0.05) is 24.4 Å². The molecule has 0 N–H and O–H groups in total. The molecule has 1 aromatic carbocycles. The van der Waals surface area contributed by atoms with Crippen molar-refractivity contribution in [2.75, 3.05) is 0 Å². The molecule has 0 aliphatic carbocycles. The maximum absolute atomic E-state index is 2.23. The maximum Gasteiger partial charge on any atom is 0.0469 e. The van der Waals surface area contributed by atoms with Gasteiger partial charge < -0.3 is 4.90 Å². The monoisotopic (exact) mass is 199 g/mol. The normalized spacial score (nSPS) is 18.1. The number of rotatable bonds is 2. The average Bonchev–Trinajstić information content (AvgIpc) is 2.23. The lowest BCUT2D eigenvalue weighted by Gasteiger charge is -2.25. The van der Waals surface area contributed by atoms with Crippen molar-refractivity contribution < 1.29 is 0 Å². The smallest absolute Gasteiger partial charge is 0.0469 e. The predicted octanol–water partition coefficient (Wildman–Crippen LogP) is 3.56. The topological polar surface area (TPSA) is 3.24 Å². The summed E-state index contributed by atoms with van der Waals surface area (Å²) in [5, 5.41) is 0. The van der Waals surface area contributed by atoms with E-state index in [-0.39, 0.29) is 5.41 Å². The van der Waals surface area contributed by atoms with Crippen LogP contribution in [-0.2, 0) is 6.54 Å². The number of hydrogen-bond acceptors (Lipinski definition) is 1. The summed E-state index contributed by atoms with van der Waals surface area (Å²) in [7, 11) is 0. The van der Waals surface area contributed by atoms with E-state index in [0.717, 1.165) is 6.54 Å². The van der Waals surface area contributed by atoms with Gasteiger partial charge in [0.1, 0.15) is 0 Å². The molecule has 0 spiro atoms. The summed E-state index contributed by atoms with van der Waals surface area (Å²) in [6, 6.07) is 10.5. The fourth-order valence-corrected chi connectivity index (χ4v) is 1.58. The summed E-state index contributed by atoms with van der Waals surface area (Å²) in [5.41, 5.74) is 1.54. The van der Waals surface area contributed by atoms with Crippen LogP contribution in [0.5, 0.6) is 0 Å². The number of nitrogens with zero attached hydrogens (tertiary/aromatic N) is 1. The second-order valence-electron chi connectivity index (χ2n) is 4.61. The summed E-state index contributed by atoms with van der Waals surface area (Å²) in [6.45, 7) is 5.36. The van der Waals surface area contributed by atoms with Gasteiger partial charge in [-0.05, 0) is 5.56 Å². The summed E-state index contributed by atoms with van der Waals surface area (Å²) in [6.07, 6.45) is 8.78. The van der Waals surface area contributed by atoms with E-state index in [1.807, 2.05) is 0 Å². The van der Waals surface area contributed by atoms with Crippen molar-refractivity contribution in [2.45, 2.75) is 20.4 Å². The van der Waals surface area contributed by atoms with E-state index in [0.29, 0.717) is 0 Å². The summed E-state index contributed by atoms with van der Waals surface area (Å²) in [5.74, 6) is 0. The van der Waals surface area contributed by atoms with Crippen molar-refractivity contribution in [3.05, 3.63) is 60.4 Å². The van der Waals surface area contributed by atoms with Gasteiger partial charge in [-0.3, -0.25) is 0 Å². The van der Waals surface area contributed by atoms with Gasteiger partial charge in [0.05, 0.1) is 0 Å². The molecule has 2 rings (SSSR count). The Labute approximate surface area is 91.7 Å². The van der Waals surface area contributed by atoms with Crippen LogP contribution in [0.25, 0.3) is 0 Å². The molecule has 1 aromatic rings. The first-order valence-electron chi connectivity index (χ1n) is 5.34. The predicted molar refractivity (Wildman–Crippen MR) is 64.0 cm³/mol. The van der Waals surface area contributed by atoms with Gasteiger partial charge in [-0.15, -0.1) is 0 Å². The molecule has 15 heavy (non-hydrogen) atoms. The lowest BCUT2D eigenvalue weighted by Crippen LogP contribution is -2.17. The molecule has 1 nitrogen and oxygen atoms in total. The van der Waals surface area contributed by atoms with Crippen LogP contribution >= 0.6 is 0 Å². The Bertz CT molecular complexity index is 358. The van der Waals surface area contributed by atoms with Gasteiger partial charge in [-0.1, -0.05) is 56.3 Å². The van der Waals surface area contributed by atoms with Crippen molar-refractivity contribution in [2.24, 2.45) is 5.41 Å². The van der Waals surface area contributed by atoms with Crippen LogP contribution in [0.4, 0.5) is 0 Å². The summed E-state index contributed by atoms with van der Waals surface area (Å²) >= 11 is 0. The molecule has 78 valence electrons. The Morgan fingerprint density at radius 2 is 1.60 bits per heavy atom. The Morgan fingerprint density at radius 3 is 2.20 bits per heavy atom. The summed E-state index contributed by atoms with van der Waals surface area (Å²) in [4.78, 5) is 2.21. The fourth-order valence-electron chi connectivity index (χ4n) is 1.58. The maximum atomic E-state index is 2.23. The Balaban J connectivity index is 2.02. The average molecular weight is 199 g/mol. The molecule has 0 saturated heterocycles. The molecule has 0 bridgehead atoms. The van der Waals surface area contributed by atoms with Gasteiger partial charge in [0.25, 0.3) is 0 Å². The molecule has 0 saturated carbocycles. The third kappa shape index (κ3) is 2.72. The zero-order valence-corrected chi connectivity index (χ0v) is 9.35. The molecule has 0 atom stereocenters. The van der Waals surface area contributed by atoms with Crippen LogP contribution in [0.3, 0.4) is 0 Å². The van der Waals surface area contributed by atoms with Crippen LogP contribution in [0, 0.1) is 5.41 Å². The van der Waals surface area contributed by atoms with Crippen LogP contribution in [0.1, 0.15) is 19.4 Å². The van der Waals surface area contributed by atoms with Gasteiger partial charge >= 0.3 is 0 Å². The third-order valence-corrected chi connectivity index (χ3v) is 2.60. The molecule has 0 unspecified atom stereocenters. The van der Waals surface area contributed by atoms with Crippen molar-refractivity contribution in [3.63, 3.8) is 0 Å². The minimum atomic E-state index is 0.202. The van der Waals surface area contributed by atoms with E-state index >= 15 is 0 Å². The van der Waals surface area contributed by atoms with Gasteiger partial charge in [0.2, 0.25) is 0 Å². The van der Waals surface area contributed by atoms with Gasteiger partial charge in [-0.2, -0.15) is 0 Å². The van der Waals surface area contributed by atoms with Gasteiger partial charge in [-0.25, -0.2) is 0 Å². The second-order valence-corrected chi connectivity index (χ2v) is 4.61. The van der Waals surface area contributed by atoms with E-state index in [2.05, 4.69) is 73.6 Å². The first-order chi connectivity index (χ1) is 7.16. The van der Waals surface area contributed by atoms with Crippen molar-refractivity contribution >= 4 is 0 Å². The zero-order valence-electron chi connectivity index (χ0n) is 9.35. The van der Waals surface area contributed by atoms with Crippen LogP contribution in [0.2, 0.25) is 0 Å². The number of benzene rings is 1. The van der Waals surface area contributed by atoms with E-state index in [4.69, 9.17) is 0 Å². The quantitative estimate of drug-likeness (QED) is 0.704. The number of hydrogen-bond donors (Lipinski definition) is 0. The second kappa shape index (κ2) is 3.93. The molecule has 1 heterocycles. The van der Waals surface area contributed by atoms with Crippen LogP contribution < -0.4 is 0 Å². The van der Waals surface area contributed by atoms with Gasteiger partial charge in [0.15, 0.2) is 0 Å². The minimum absolute atomic E-state index is 0.202. The Morgan fingerprint density at radius 1 is 1.00 bits per heavy atom. The van der Waals surface area contributed by atoms with Crippen LogP contribution in [0.15, 0.2) is 54.9 Å². The molecule has 0 aromatic heterocycles. The first-order valence-corrected chi connectivity index (χ1v) is 5.34. The summed E-state index contributed by atoms with van der Waals surface area (Å²) < 4.78 is 0. The standard InChI is InChI=1S/C14H17N/c1-14(2)8-10-15(11-9-14)12-13-6-4-3-5-7-13/h3-11H,12H2,1-2H3. The van der Waals surface area contributed by atoms with Crippen molar-refractivity contribution in [1.82, 2.24) is 4.90 Å². The molecule has 1 heteroatoms. The van der Waals surface area contributed by atoms with E-state index in [9.17, 15) is 0 Å². The molecular weight excluding hydrogens is 182 g/mol. The highest BCUT2D eigenvalue weighted by Crippen LogP contribution is 2.24. The van der Waals surface area contributed by atoms with E-state index in [1.54, 1.807) is 0 Å². The molecule has 0 fully saturated rings. The van der Waals surface area contributed by atoms with Crippen molar-refractivity contribution in [1.29, 1.82) is 0 Å². The first kappa shape index (κ1) is 10.0. The largest absolute Gasteiger partial charge is 0.350 e. The van der Waals surface area contributed by atoms with Crippen molar-refractivity contribution in [3.8, 4) is 0 Å². The highest BCUT2D eigenvalue weighted by atomic mass is 15.1.